The van der Waals surface area contributed by atoms with Gasteiger partial charge in [-0.15, -0.1) is 0 Å². The van der Waals surface area contributed by atoms with Crippen molar-refractivity contribution >= 4 is 7.12 Å². The molecule has 2 fully saturated rings. The minimum atomic E-state index is -0.235. The van der Waals surface area contributed by atoms with E-state index in [9.17, 15) is 0 Å². The first kappa shape index (κ1) is 12.2. The topological polar surface area (TPSA) is 18.5 Å². The van der Waals surface area contributed by atoms with Gasteiger partial charge in [-0.25, -0.2) is 0 Å². The van der Waals surface area contributed by atoms with Crippen LogP contribution in [0.5, 0.6) is 0 Å². The van der Waals surface area contributed by atoms with Crippen LogP contribution in [-0.4, -0.2) is 18.3 Å². The zero-order valence-electron chi connectivity index (χ0n) is 11.5. The van der Waals surface area contributed by atoms with E-state index >= 15 is 0 Å². The molecule has 1 aromatic carbocycles. The maximum absolute atomic E-state index is 6.27. The van der Waals surface area contributed by atoms with Crippen LogP contribution in [0, 0.1) is 0 Å². The first-order valence-electron chi connectivity index (χ1n) is 6.90. The van der Waals surface area contributed by atoms with Crippen LogP contribution in [0.15, 0.2) is 30.3 Å². The normalized spacial score (nSPS) is 30.7. The Morgan fingerprint density at radius 2 is 1.78 bits per heavy atom. The molecule has 96 valence electrons. The number of rotatable bonds is 3. The summed E-state index contributed by atoms with van der Waals surface area (Å²) in [7, 11) is 0.00807. The van der Waals surface area contributed by atoms with Crippen LogP contribution in [0.1, 0.15) is 39.2 Å². The molecule has 2 aliphatic rings. The van der Waals surface area contributed by atoms with Crippen molar-refractivity contribution in [3.63, 3.8) is 0 Å². The molecule has 1 aliphatic heterocycles. The molecular formula is C15H21BO2. The molecule has 0 spiro atoms. The fraction of sp³-hybridized carbons (Fsp3) is 0.600. The average molecular weight is 244 g/mol. The average Bonchev–Trinajstić information content (AvgIpc) is 3.09. The van der Waals surface area contributed by atoms with Gasteiger partial charge in [0, 0.05) is 6.42 Å². The number of hydrogen-bond donors (Lipinski definition) is 0. The fourth-order valence-electron chi connectivity index (χ4n) is 2.64. The van der Waals surface area contributed by atoms with Crippen LogP contribution in [-0.2, 0) is 15.7 Å². The van der Waals surface area contributed by atoms with E-state index in [1.54, 1.807) is 0 Å². The predicted octanol–water partition coefficient (Wildman–Crippen LogP) is 3.47. The van der Waals surface area contributed by atoms with Crippen LogP contribution < -0.4 is 0 Å². The van der Waals surface area contributed by atoms with Crippen molar-refractivity contribution in [1.82, 2.24) is 0 Å². The molecule has 0 N–H and O–H groups in total. The van der Waals surface area contributed by atoms with Gasteiger partial charge in [0.1, 0.15) is 0 Å². The molecule has 1 atom stereocenters. The predicted molar refractivity (Wildman–Crippen MR) is 73.5 cm³/mol. The monoisotopic (exact) mass is 244 g/mol. The summed E-state index contributed by atoms with van der Waals surface area (Å²) in [5, 5.41) is 0. The van der Waals surface area contributed by atoms with Gasteiger partial charge < -0.3 is 9.31 Å². The van der Waals surface area contributed by atoms with Gasteiger partial charge in [-0.2, -0.15) is 0 Å². The van der Waals surface area contributed by atoms with Gasteiger partial charge in [0.05, 0.1) is 11.2 Å². The minimum absolute atomic E-state index is 0.00807. The highest BCUT2D eigenvalue weighted by atomic mass is 16.7. The Bertz CT molecular complexity index is 427. The van der Waals surface area contributed by atoms with Crippen LogP contribution in [0.2, 0.25) is 5.82 Å². The molecule has 18 heavy (non-hydrogen) atoms. The Kier molecular flexibility index (Phi) is 2.79. The second-order valence-electron chi connectivity index (χ2n) is 6.35. The second kappa shape index (κ2) is 4.11. The molecule has 3 rings (SSSR count). The van der Waals surface area contributed by atoms with Crippen molar-refractivity contribution in [1.29, 1.82) is 0 Å². The Morgan fingerprint density at radius 3 is 2.39 bits per heavy atom. The Balaban J connectivity index is 1.80. The van der Waals surface area contributed by atoms with Crippen LogP contribution >= 0.6 is 0 Å². The van der Waals surface area contributed by atoms with Crippen molar-refractivity contribution in [2.24, 2.45) is 0 Å². The third-order valence-electron chi connectivity index (χ3n) is 4.45. The summed E-state index contributed by atoms with van der Waals surface area (Å²) in [5.74, 6) is 0.627. The lowest BCUT2D eigenvalue weighted by molar-refractivity contribution is -0.00877. The van der Waals surface area contributed by atoms with Gasteiger partial charge in [-0.05, 0) is 32.2 Å². The summed E-state index contributed by atoms with van der Waals surface area (Å²) in [6.07, 6.45) is 3.41. The first-order valence-corrected chi connectivity index (χ1v) is 6.90. The van der Waals surface area contributed by atoms with Crippen molar-refractivity contribution in [2.45, 2.75) is 57.1 Å². The summed E-state index contributed by atoms with van der Waals surface area (Å²) < 4.78 is 12.4. The molecule has 1 aliphatic carbocycles. The molecule has 1 aromatic rings. The zero-order valence-corrected chi connectivity index (χ0v) is 11.5. The first-order chi connectivity index (χ1) is 8.50. The molecule has 2 nitrogen and oxygen atoms in total. The fourth-order valence-corrected chi connectivity index (χ4v) is 2.64. The molecule has 0 aromatic heterocycles. The van der Waals surface area contributed by atoms with Crippen molar-refractivity contribution in [2.75, 3.05) is 0 Å². The quantitative estimate of drug-likeness (QED) is 0.758. The van der Waals surface area contributed by atoms with E-state index in [1.165, 1.54) is 18.4 Å². The molecule has 0 amide bonds. The zero-order chi connectivity index (χ0) is 12.8. The minimum Gasteiger partial charge on any atom is -0.403 e. The van der Waals surface area contributed by atoms with Crippen LogP contribution in [0.3, 0.4) is 0 Å². The smallest absolute Gasteiger partial charge is 0.403 e. The van der Waals surface area contributed by atoms with E-state index in [2.05, 4.69) is 51.1 Å². The van der Waals surface area contributed by atoms with E-state index < -0.39 is 0 Å². The molecule has 0 bridgehead atoms. The molecule has 1 saturated carbocycles. The van der Waals surface area contributed by atoms with Gasteiger partial charge in [-0.3, -0.25) is 0 Å². The number of hydrogen-bond acceptors (Lipinski definition) is 2. The largest absolute Gasteiger partial charge is 0.461 e. The highest BCUT2D eigenvalue weighted by molar-refractivity contribution is 6.48. The van der Waals surface area contributed by atoms with Crippen LogP contribution in [0.25, 0.3) is 0 Å². The second-order valence-corrected chi connectivity index (χ2v) is 6.35. The van der Waals surface area contributed by atoms with Crippen molar-refractivity contribution in [3.8, 4) is 0 Å². The molecule has 3 heteroatoms. The lowest BCUT2D eigenvalue weighted by atomic mass is 9.82. The molecular weight excluding hydrogens is 223 g/mol. The summed E-state index contributed by atoms with van der Waals surface area (Å²) in [6, 6.07) is 10.5. The van der Waals surface area contributed by atoms with Crippen molar-refractivity contribution in [3.05, 3.63) is 35.9 Å². The third kappa shape index (κ3) is 2.10. The molecule has 0 radical (unpaired) electrons. The Hall–Kier alpha value is -0.795. The summed E-state index contributed by atoms with van der Waals surface area (Å²) in [6.45, 7) is 6.49. The maximum Gasteiger partial charge on any atom is 0.461 e. The SMILES string of the molecule is CC1(C)OB(C2CC2)OC1(C)Cc1ccccc1. The highest BCUT2D eigenvalue weighted by Gasteiger charge is 2.57. The lowest BCUT2D eigenvalue weighted by Crippen LogP contribution is -2.46. The van der Waals surface area contributed by atoms with E-state index in [-0.39, 0.29) is 18.3 Å². The summed E-state index contributed by atoms with van der Waals surface area (Å²) in [5.41, 5.74) is 0.852. The highest BCUT2D eigenvalue weighted by Crippen LogP contribution is 2.49. The van der Waals surface area contributed by atoms with Gasteiger partial charge in [0.25, 0.3) is 0 Å². The Labute approximate surface area is 110 Å². The Morgan fingerprint density at radius 1 is 1.11 bits per heavy atom. The van der Waals surface area contributed by atoms with Gasteiger partial charge >= 0.3 is 7.12 Å². The van der Waals surface area contributed by atoms with E-state index in [1.807, 2.05) is 0 Å². The summed E-state index contributed by atoms with van der Waals surface area (Å²) in [4.78, 5) is 0. The van der Waals surface area contributed by atoms with Gasteiger partial charge in [0.2, 0.25) is 0 Å². The molecule has 1 unspecified atom stereocenters. The maximum atomic E-state index is 6.27. The summed E-state index contributed by atoms with van der Waals surface area (Å²) >= 11 is 0. The van der Waals surface area contributed by atoms with Gasteiger partial charge in [-0.1, -0.05) is 43.2 Å². The van der Waals surface area contributed by atoms with Crippen molar-refractivity contribution < 1.29 is 9.31 Å². The molecule has 1 saturated heterocycles. The van der Waals surface area contributed by atoms with E-state index in [0.29, 0.717) is 5.82 Å². The standard InChI is InChI=1S/C15H21BO2/c1-14(2)15(3,11-12-7-5-4-6-8-12)18-16(17-14)13-9-10-13/h4-8,13H,9-11H2,1-3H3. The van der Waals surface area contributed by atoms with Gasteiger partial charge in [0.15, 0.2) is 0 Å². The third-order valence-corrected chi connectivity index (χ3v) is 4.45. The molecule has 1 heterocycles. The van der Waals surface area contributed by atoms with Crippen LogP contribution in [0.4, 0.5) is 0 Å². The lowest BCUT2D eigenvalue weighted by Gasteiger charge is -2.36. The van der Waals surface area contributed by atoms with E-state index in [0.717, 1.165) is 6.42 Å². The van der Waals surface area contributed by atoms with E-state index in [4.69, 9.17) is 9.31 Å². The number of benzene rings is 1.